The summed E-state index contributed by atoms with van der Waals surface area (Å²) in [6.45, 7) is 1.52. The lowest BCUT2D eigenvalue weighted by atomic mass is 10.1. The van der Waals surface area contributed by atoms with Crippen LogP contribution in [0.4, 0.5) is 16.2 Å². The van der Waals surface area contributed by atoms with Crippen molar-refractivity contribution >= 4 is 23.4 Å². The van der Waals surface area contributed by atoms with Crippen LogP contribution in [-0.2, 0) is 4.74 Å². The van der Waals surface area contributed by atoms with Gasteiger partial charge in [-0.05, 0) is 18.2 Å². The summed E-state index contributed by atoms with van der Waals surface area (Å²) < 4.78 is 20.1. The SMILES string of the molecule is N#Cc1ccc(-c2cc(N3CCOC(c4nc(-c5ccccc5Cl)c[nH]4)C3)nc(N)n2)cc1F. The maximum absolute atomic E-state index is 14.1. The summed E-state index contributed by atoms with van der Waals surface area (Å²) in [6.07, 6.45) is 1.48. The van der Waals surface area contributed by atoms with Crippen molar-refractivity contribution in [2.45, 2.75) is 6.10 Å². The number of nitrogens with zero attached hydrogens (tertiary/aromatic N) is 5. The van der Waals surface area contributed by atoms with E-state index in [1.165, 1.54) is 12.1 Å². The highest BCUT2D eigenvalue weighted by Crippen LogP contribution is 2.30. The molecule has 0 aliphatic carbocycles. The number of nitrogens with two attached hydrogens (primary N) is 1. The van der Waals surface area contributed by atoms with E-state index in [9.17, 15) is 4.39 Å². The zero-order valence-electron chi connectivity index (χ0n) is 17.9. The third-order valence-corrected chi connectivity index (χ3v) is 5.89. The monoisotopic (exact) mass is 475 g/mol. The van der Waals surface area contributed by atoms with E-state index in [1.54, 1.807) is 18.3 Å². The van der Waals surface area contributed by atoms with Crippen molar-refractivity contribution in [2.75, 3.05) is 30.3 Å². The Morgan fingerprint density at radius 3 is 2.79 bits per heavy atom. The molecule has 2 aromatic heterocycles. The smallest absolute Gasteiger partial charge is 0.222 e. The molecule has 34 heavy (non-hydrogen) atoms. The number of anilines is 2. The van der Waals surface area contributed by atoms with Gasteiger partial charge in [0.2, 0.25) is 5.95 Å². The Morgan fingerprint density at radius 1 is 1.15 bits per heavy atom. The van der Waals surface area contributed by atoms with Gasteiger partial charge in [0, 0.05) is 29.9 Å². The number of nitrogen functional groups attached to an aromatic ring is 1. The van der Waals surface area contributed by atoms with Crippen LogP contribution in [0.15, 0.2) is 54.7 Å². The molecule has 10 heteroatoms. The summed E-state index contributed by atoms with van der Waals surface area (Å²) in [4.78, 5) is 18.5. The molecular weight excluding hydrogens is 457 g/mol. The number of benzene rings is 2. The Labute approximate surface area is 199 Å². The molecule has 170 valence electrons. The zero-order chi connectivity index (χ0) is 23.7. The standard InChI is InChI=1S/C24H19ClFN7O/c25-17-4-2-1-3-16(17)20-12-29-23(30-20)21-13-33(7-8-34-21)22-10-19(31-24(28)32-22)14-5-6-15(11-27)18(26)9-14/h1-6,9-10,12,21H,7-8,13H2,(H,29,30)(H2,28,31,32). The second-order valence-electron chi connectivity index (χ2n) is 7.73. The molecule has 3 N–H and O–H groups in total. The third-order valence-electron chi connectivity index (χ3n) is 5.56. The van der Waals surface area contributed by atoms with Crippen LogP contribution < -0.4 is 10.6 Å². The summed E-state index contributed by atoms with van der Waals surface area (Å²) in [5, 5.41) is 9.59. The van der Waals surface area contributed by atoms with Gasteiger partial charge in [0.25, 0.3) is 0 Å². The Kier molecular flexibility index (Phi) is 5.84. The number of imidazole rings is 1. The van der Waals surface area contributed by atoms with Crippen LogP contribution in [0.3, 0.4) is 0 Å². The molecular formula is C24H19ClFN7O. The second-order valence-corrected chi connectivity index (χ2v) is 8.14. The van der Waals surface area contributed by atoms with Crippen LogP contribution in [0.2, 0.25) is 5.02 Å². The number of H-pyrrole nitrogens is 1. The van der Waals surface area contributed by atoms with Crippen molar-refractivity contribution in [3.8, 4) is 28.6 Å². The minimum Gasteiger partial charge on any atom is -0.368 e. The largest absolute Gasteiger partial charge is 0.368 e. The number of hydrogen-bond donors (Lipinski definition) is 2. The first-order valence-corrected chi connectivity index (χ1v) is 10.9. The van der Waals surface area contributed by atoms with Crippen molar-refractivity contribution in [1.29, 1.82) is 5.26 Å². The Balaban J connectivity index is 1.40. The molecule has 0 spiro atoms. The van der Waals surface area contributed by atoms with Gasteiger partial charge in [-0.2, -0.15) is 10.2 Å². The number of nitrogens with one attached hydrogen (secondary N) is 1. The van der Waals surface area contributed by atoms with Crippen LogP contribution >= 0.6 is 11.6 Å². The lowest BCUT2D eigenvalue weighted by molar-refractivity contribution is 0.0343. The summed E-state index contributed by atoms with van der Waals surface area (Å²) in [6, 6.07) is 15.4. The van der Waals surface area contributed by atoms with Gasteiger partial charge in [-0.1, -0.05) is 35.9 Å². The fourth-order valence-corrected chi connectivity index (χ4v) is 4.09. The molecule has 0 bridgehead atoms. The predicted molar refractivity (Wildman–Crippen MR) is 126 cm³/mol. The van der Waals surface area contributed by atoms with Gasteiger partial charge in [-0.3, -0.25) is 0 Å². The molecule has 1 atom stereocenters. The van der Waals surface area contributed by atoms with Crippen molar-refractivity contribution in [3.63, 3.8) is 0 Å². The molecule has 2 aromatic carbocycles. The van der Waals surface area contributed by atoms with E-state index in [0.717, 1.165) is 11.3 Å². The van der Waals surface area contributed by atoms with E-state index in [4.69, 9.17) is 27.3 Å². The normalized spacial score (nSPS) is 15.8. The van der Waals surface area contributed by atoms with Crippen molar-refractivity contribution in [2.24, 2.45) is 0 Å². The minimum atomic E-state index is -0.614. The number of aromatic amines is 1. The van der Waals surface area contributed by atoms with E-state index in [1.807, 2.05) is 35.2 Å². The maximum Gasteiger partial charge on any atom is 0.222 e. The lowest BCUT2D eigenvalue weighted by Gasteiger charge is -2.33. The molecule has 3 heterocycles. The summed E-state index contributed by atoms with van der Waals surface area (Å²) in [7, 11) is 0. The Hall–Kier alpha value is -4.00. The average Bonchev–Trinajstić information content (AvgIpc) is 3.34. The molecule has 8 nitrogen and oxygen atoms in total. The molecule has 1 saturated heterocycles. The third kappa shape index (κ3) is 4.29. The average molecular weight is 476 g/mol. The van der Waals surface area contributed by atoms with Gasteiger partial charge >= 0.3 is 0 Å². The topological polar surface area (TPSA) is 117 Å². The van der Waals surface area contributed by atoms with Crippen molar-refractivity contribution in [3.05, 3.63) is 77.0 Å². The number of morpholine rings is 1. The van der Waals surface area contributed by atoms with Gasteiger partial charge in [0.1, 0.15) is 29.6 Å². The van der Waals surface area contributed by atoms with Crippen LogP contribution in [0.5, 0.6) is 0 Å². The highest BCUT2D eigenvalue weighted by atomic mass is 35.5. The lowest BCUT2D eigenvalue weighted by Crippen LogP contribution is -2.39. The van der Waals surface area contributed by atoms with Gasteiger partial charge in [-0.15, -0.1) is 0 Å². The first kappa shape index (κ1) is 21.8. The highest BCUT2D eigenvalue weighted by Gasteiger charge is 2.26. The molecule has 1 aliphatic rings. The minimum absolute atomic E-state index is 0.0309. The van der Waals surface area contributed by atoms with Gasteiger partial charge in [-0.25, -0.2) is 14.4 Å². The summed E-state index contributed by atoms with van der Waals surface area (Å²) in [5.74, 6) is 0.728. The molecule has 1 aliphatic heterocycles. The van der Waals surface area contributed by atoms with E-state index < -0.39 is 5.82 Å². The maximum atomic E-state index is 14.1. The molecule has 0 amide bonds. The van der Waals surface area contributed by atoms with Crippen LogP contribution in [0.25, 0.3) is 22.5 Å². The summed E-state index contributed by atoms with van der Waals surface area (Å²) >= 11 is 6.31. The number of hydrogen-bond acceptors (Lipinski definition) is 7. The van der Waals surface area contributed by atoms with Gasteiger partial charge < -0.3 is 20.4 Å². The fourth-order valence-electron chi connectivity index (χ4n) is 3.86. The van der Waals surface area contributed by atoms with Crippen LogP contribution in [-0.4, -0.2) is 39.6 Å². The van der Waals surface area contributed by atoms with Crippen LogP contribution in [0.1, 0.15) is 17.5 Å². The van der Waals surface area contributed by atoms with Crippen LogP contribution in [0, 0.1) is 17.1 Å². The number of rotatable bonds is 4. The van der Waals surface area contributed by atoms with E-state index in [2.05, 4.69) is 19.9 Å². The molecule has 1 unspecified atom stereocenters. The molecule has 5 rings (SSSR count). The van der Waals surface area contributed by atoms with E-state index in [0.29, 0.717) is 47.6 Å². The molecule has 0 saturated carbocycles. The first-order valence-electron chi connectivity index (χ1n) is 10.5. The second kappa shape index (κ2) is 9.09. The van der Waals surface area contributed by atoms with Crippen molar-refractivity contribution in [1.82, 2.24) is 19.9 Å². The number of aromatic nitrogens is 4. The van der Waals surface area contributed by atoms with E-state index >= 15 is 0 Å². The molecule has 0 radical (unpaired) electrons. The molecule has 4 aromatic rings. The fraction of sp³-hybridized carbons (Fsp3) is 0.167. The number of halogens is 2. The summed E-state index contributed by atoms with van der Waals surface area (Å²) in [5.41, 5.74) is 8.48. The Morgan fingerprint density at radius 2 is 2.00 bits per heavy atom. The van der Waals surface area contributed by atoms with Gasteiger partial charge in [0.05, 0.1) is 35.1 Å². The van der Waals surface area contributed by atoms with Gasteiger partial charge in [0.15, 0.2) is 0 Å². The first-order chi connectivity index (χ1) is 16.5. The zero-order valence-corrected chi connectivity index (χ0v) is 18.6. The highest BCUT2D eigenvalue weighted by molar-refractivity contribution is 6.33. The Bertz CT molecular complexity index is 1400. The number of nitriles is 1. The van der Waals surface area contributed by atoms with E-state index in [-0.39, 0.29) is 17.6 Å². The van der Waals surface area contributed by atoms with Crippen molar-refractivity contribution < 1.29 is 9.13 Å². The molecule has 1 fully saturated rings. The number of ether oxygens (including phenoxy) is 1. The predicted octanol–water partition coefficient (Wildman–Crippen LogP) is 4.36. The quantitative estimate of drug-likeness (QED) is 0.450.